The molecule has 0 bridgehead atoms. The highest BCUT2D eigenvalue weighted by atomic mass is 32.1. The van der Waals surface area contributed by atoms with Crippen LogP contribution in [0.4, 0.5) is 0 Å². The summed E-state index contributed by atoms with van der Waals surface area (Å²) in [7, 11) is 0. The van der Waals surface area contributed by atoms with Gasteiger partial charge in [0.25, 0.3) is 5.56 Å². The zero-order valence-electron chi connectivity index (χ0n) is 14.1. The molecule has 0 aliphatic heterocycles. The minimum Gasteiger partial charge on any atom is -0.349 e. The fourth-order valence-electron chi connectivity index (χ4n) is 2.42. The lowest BCUT2D eigenvalue weighted by Crippen LogP contribution is -2.36. The molecule has 0 aliphatic carbocycles. The second-order valence-electron chi connectivity index (χ2n) is 5.61. The zero-order chi connectivity index (χ0) is 18.0. The first-order chi connectivity index (χ1) is 12.0. The van der Waals surface area contributed by atoms with Gasteiger partial charge in [-0.25, -0.2) is 9.67 Å². The third-order valence-electron chi connectivity index (χ3n) is 3.77. The van der Waals surface area contributed by atoms with Crippen molar-refractivity contribution in [1.82, 2.24) is 20.1 Å². The highest BCUT2D eigenvalue weighted by molar-refractivity contribution is 7.13. The Balaban J connectivity index is 1.76. The largest absolute Gasteiger partial charge is 0.349 e. The van der Waals surface area contributed by atoms with Gasteiger partial charge in [0.2, 0.25) is 5.91 Å². The van der Waals surface area contributed by atoms with Gasteiger partial charge in [0.1, 0.15) is 11.7 Å². The summed E-state index contributed by atoms with van der Waals surface area (Å²) in [6.45, 7) is 5.93. The third kappa shape index (κ3) is 3.85. The van der Waals surface area contributed by atoms with E-state index >= 15 is 0 Å². The molecule has 25 heavy (non-hydrogen) atoms. The molecule has 1 amide bonds. The van der Waals surface area contributed by atoms with Crippen molar-refractivity contribution in [2.75, 3.05) is 0 Å². The van der Waals surface area contributed by atoms with Crippen LogP contribution in [0.15, 0.2) is 34.4 Å². The van der Waals surface area contributed by atoms with Crippen molar-refractivity contribution in [2.24, 2.45) is 0 Å². The van der Waals surface area contributed by atoms with Crippen LogP contribution in [0.5, 0.6) is 0 Å². The molecule has 1 N–H and O–H groups in total. The highest BCUT2D eigenvalue weighted by Gasteiger charge is 2.18. The number of rotatable bonds is 5. The van der Waals surface area contributed by atoms with Crippen molar-refractivity contribution in [3.05, 3.63) is 55.6 Å². The van der Waals surface area contributed by atoms with Gasteiger partial charge in [-0.2, -0.15) is 5.10 Å². The molecule has 0 radical (unpaired) electrons. The molecule has 8 heteroatoms. The van der Waals surface area contributed by atoms with Gasteiger partial charge < -0.3 is 5.32 Å². The van der Waals surface area contributed by atoms with Crippen molar-refractivity contribution in [3.8, 4) is 10.6 Å². The minimum absolute atomic E-state index is 0.247. The van der Waals surface area contributed by atoms with Crippen molar-refractivity contribution in [1.29, 1.82) is 0 Å². The van der Waals surface area contributed by atoms with Gasteiger partial charge in [-0.3, -0.25) is 9.59 Å². The molecule has 3 rings (SSSR count). The molecule has 3 aromatic rings. The van der Waals surface area contributed by atoms with Gasteiger partial charge >= 0.3 is 0 Å². The molecule has 3 heterocycles. The molecular weight excluding hydrogens is 356 g/mol. The highest BCUT2D eigenvalue weighted by Crippen LogP contribution is 2.22. The van der Waals surface area contributed by atoms with Crippen LogP contribution >= 0.6 is 22.7 Å². The number of carbonyl (C=O) groups is 1. The average Bonchev–Trinajstić information content (AvgIpc) is 3.22. The van der Waals surface area contributed by atoms with Gasteiger partial charge in [-0.15, -0.1) is 22.7 Å². The van der Waals surface area contributed by atoms with E-state index in [9.17, 15) is 9.59 Å². The number of thiazole rings is 1. The molecule has 0 aromatic carbocycles. The van der Waals surface area contributed by atoms with Gasteiger partial charge in [0.05, 0.1) is 22.1 Å². The quantitative estimate of drug-likeness (QED) is 0.745. The summed E-state index contributed by atoms with van der Waals surface area (Å²) in [6.07, 6.45) is 0. The smallest absolute Gasteiger partial charge is 0.267 e. The van der Waals surface area contributed by atoms with E-state index in [-0.39, 0.29) is 11.5 Å². The lowest BCUT2D eigenvalue weighted by Gasteiger charge is -2.14. The Hall–Kier alpha value is -2.32. The molecule has 1 unspecified atom stereocenters. The van der Waals surface area contributed by atoms with E-state index < -0.39 is 6.04 Å². The van der Waals surface area contributed by atoms with Crippen LogP contribution in [0.25, 0.3) is 10.6 Å². The number of aromatic nitrogens is 3. The molecular formula is C17H18N4O2S2. The van der Waals surface area contributed by atoms with E-state index in [1.54, 1.807) is 24.3 Å². The topological polar surface area (TPSA) is 76.9 Å². The average molecular weight is 374 g/mol. The molecule has 0 saturated carbocycles. The van der Waals surface area contributed by atoms with E-state index in [4.69, 9.17) is 0 Å². The van der Waals surface area contributed by atoms with Crippen LogP contribution in [0.2, 0.25) is 0 Å². The number of hydrogen-bond acceptors (Lipinski definition) is 6. The SMILES string of the molecule is Cc1nc(C)c(CNC(=O)C(C)n2nc(-c3cccs3)ccc2=O)s1. The first-order valence-corrected chi connectivity index (χ1v) is 9.49. The second kappa shape index (κ2) is 7.28. The maximum atomic E-state index is 12.5. The fourth-order valence-corrected chi connectivity index (χ4v) is 3.99. The Bertz CT molecular complexity index is 944. The van der Waals surface area contributed by atoms with Gasteiger partial charge in [-0.1, -0.05) is 6.07 Å². The molecule has 0 aliphatic rings. The number of nitrogens with zero attached hydrogens (tertiary/aromatic N) is 3. The standard InChI is InChI=1S/C17H18N4O2S2/c1-10-15(25-12(3)19-10)9-18-17(23)11(2)21-16(22)7-6-13(20-21)14-5-4-8-24-14/h4-8,11H,9H2,1-3H3,(H,18,23). The number of amides is 1. The van der Waals surface area contributed by atoms with Crippen LogP contribution in [0.3, 0.4) is 0 Å². The van der Waals surface area contributed by atoms with E-state index in [1.807, 2.05) is 31.4 Å². The lowest BCUT2D eigenvalue weighted by molar-refractivity contribution is -0.124. The van der Waals surface area contributed by atoms with E-state index in [0.717, 1.165) is 20.5 Å². The number of carbonyl (C=O) groups excluding carboxylic acids is 1. The molecule has 3 aromatic heterocycles. The maximum Gasteiger partial charge on any atom is 0.267 e. The summed E-state index contributed by atoms with van der Waals surface area (Å²) < 4.78 is 1.23. The van der Waals surface area contributed by atoms with Crippen molar-refractivity contribution < 1.29 is 4.79 Å². The normalized spacial score (nSPS) is 12.1. The Morgan fingerprint density at radius 2 is 2.12 bits per heavy atom. The number of aryl methyl sites for hydroxylation is 2. The third-order valence-corrected chi connectivity index (χ3v) is 5.73. The van der Waals surface area contributed by atoms with Crippen molar-refractivity contribution >= 4 is 28.6 Å². The zero-order valence-corrected chi connectivity index (χ0v) is 15.8. The molecule has 0 saturated heterocycles. The molecule has 130 valence electrons. The summed E-state index contributed by atoms with van der Waals surface area (Å²) in [5.74, 6) is -0.247. The molecule has 0 fully saturated rings. The lowest BCUT2D eigenvalue weighted by atomic mass is 10.3. The molecule has 6 nitrogen and oxygen atoms in total. The Morgan fingerprint density at radius 1 is 1.32 bits per heavy atom. The van der Waals surface area contributed by atoms with Crippen LogP contribution in [-0.4, -0.2) is 20.7 Å². The summed E-state index contributed by atoms with van der Waals surface area (Å²) in [5, 5.41) is 10.1. The summed E-state index contributed by atoms with van der Waals surface area (Å²) in [4.78, 5) is 30.9. The second-order valence-corrected chi connectivity index (χ2v) is 7.85. The monoisotopic (exact) mass is 374 g/mol. The summed E-state index contributed by atoms with van der Waals surface area (Å²) >= 11 is 3.10. The van der Waals surface area contributed by atoms with Gasteiger partial charge in [-0.05, 0) is 38.3 Å². The minimum atomic E-state index is -0.693. The van der Waals surface area contributed by atoms with E-state index in [1.165, 1.54) is 22.1 Å². The summed E-state index contributed by atoms with van der Waals surface area (Å²) in [6, 6.07) is 6.29. The molecule has 0 spiro atoms. The Morgan fingerprint density at radius 3 is 2.76 bits per heavy atom. The van der Waals surface area contributed by atoms with Gasteiger partial charge in [0.15, 0.2) is 0 Å². The predicted octanol–water partition coefficient (Wildman–Crippen LogP) is 2.92. The fraction of sp³-hybridized carbons (Fsp3) is 0.294. The van der Waals surface area contributed by atoms with Gasteiger partial charge in [0, 0.05) is 10.9 Å². The number of nitrogens with one attached hydrogen (secondary N) is 1. The van der Waals surface area contributed by atoms with Crippen LogP contribution in [0.1, 0.15) is 28.5 Å². The van der Waals surface area contributed by atoms with Crippen LogP contribution < -0.4 is 10.9 Å². The van der Waals surface area contributed by atoms with Crippen LogP contribution in [-0.2, 0) is 11.3 Å². The van der Waals surface area contributed by atoms with Crippen LogP contribution in [0, 0.1) is 13.8 Å². The van der Waals surface area contributed by atoms with E-state index in [0.29, 0.717) is 12.2 Å². The summed E-state index contributed by atoms with van der Waals surface area (Å²) in [5.41, 5.74) is 1.31. The van der Waals surface area contributed by atoms with E-state index in [2.05, 4.69) is 15.4 Å². The van der Waals surface area contributed by atoms with Crippen molar-refractivity contribution in [2.45, 2.75) is 33.4 Å². The predicted molar refractivity (Wildman–Crippen MR) is 100.0 cm³/mol. The Kier molecular flexibility index (Phi) is 5.10. The first kappa shape index (κ1) is 17.5. The maximum absolute atomic E-state index is 12.5. The number of thiophene rings is 1. The van der Waals surface area contributed by atoms with Crippen molar-refractivity contribution in [3.63, 3.8) is 0 Å². The molecule has 1 atom stereocenters. The number of hydrogen-bond donors (Lipinski definition) is 1. The Labute approximate surface area is 153 Å². The first-order valence-electron chi connectivity index (χ1n) is 7.80.